The van der Waals surface area contributed by atoms with Gasteiger partial charge < -0.3 is 0 Å². The Bertz CT molecular complexity index is 66.0. The minimum Gasteiger partial charge on any atom is -0.0683 e. The van der Waals surface area contributed by atoms with Gasteiger partial charge in [-0.15, -0.1) is 0 Å². The SMILES string of the molecule is CC.CC.CC.CC.CC.CC.CC1CCC1.CC1CCC1. The predicted octanol–water partition coefficient (Wildman–Crippen LogP) is 9.77. The first-order valence-electron chi connectivity index (χ1n) is 10.8. The Kier molecular flexibility index (Phi) is 100. The van der Waals surface area contributed by atoms with Gasteiger partial charge in [0, 0.05) is 0 Å². The second-order valence-corrected chi connectivity index (χ2v) is 4.07. The summed E-state index contributed by atoms with van der Waals surface area (Å²) < 4.78 is 0. The molecular weight excluding hydrogens is 264 g/mol. The molecule has 0 aromatic carbocycles. The number of hydrogen-bond acceptors (Lipinski definition) is 0. The van der Waals surface area contributed by atoms with Gasteiger partial charge in [0.05, 0.1) is 0 Å². The fourth-order valence-electron chi connectivity index (χ4n) is 1.22. The molecule has 2 saturated carbocycles. The standard InChI is InChI=1S/2C5H10.6C2H6/c2*1-5-3-2-4-5;6*1-2/h2*5H,2-4H2,1H3;6*1-2H3. The Hall–Kier alpha value is 0. The summed E-state index contributed by atoms with van der Waals surface area (Å²) in [5, 5.41) is 0. The molecule has 22 heavy (non-hydrogen) atoms. The molecule has 0 N–H and O–H groups in total. The second kappa shape index (κ2) is 58.3. The Balaban J connectivity index is -0.0000000355. The first kappa shape index (κ1) is 37.9. The first-order valence-corrected chi connectivity index (χ1v) is 10.8. The van der Waals surface area contributed by atoms with Crippen molar-refractivity contribution in [3.63, 3.8) is 0 Å². The minimum absolute atomic E-state index is 1.06. The summed E-state index contributed by atoms with van der Waals surface area (Å²) in [6, 6.07) is 0. The predicted molar refractivity (Wildman–Crippen MR) is 114 cm³/mol. The van der Waals surface area contributed by atoms with Gasteiger partial charge in [-0.2, -0.15) is 0 Å². The molecule has 0 aromatic rings. The number of hydrogen-bond donors (Lipinski definition) is 0. The zero-order valence-corrected chi connectivity index (χ0v) is 19.4. The van der Waals surface area contributed by atoms with Crippen molar-refractivity contribution in [3.8, 4) is 0 Å². The van der Waals surface area contributed by atoms with Gasteiger partial charge in [0.2, 0.25) is 0 Å². The van der Waals surface area contributed by atoms with Crippen molar-refractivity contribution in [3.05, 3.63) is 0 Å². The van der Waals surface area contributed by atoms with Crippen LogP contribution >= 0.6 is 0 Å². The summed E-state index contributed by atoms with van der Waals surface area (Å²) in [4.78, 5) is 0. The van der Waals surface area contributed by atoms with E-state index in [0.717, 1.165) is 11.8 Å². The molecule has 2 aliphatic rings. The molecule has 0 heteroatoms. The normalized spacial score (nSPS) is 13.4. The summed E-state index contributed by atoms with van der Waals surface area (Å²) in [5.41, 5.74) is 0. The van der Waals surface area contributed by atoms with Crippen LogP contribution in [0.1, 0.15) is 135 Å². The molecule has 0 radical (unpaired) electrons. The summed E-state index contributed by atoms with van der Waals surface area (Å²) >= 11 is 0. The average molecular weight is 321 g/mol. The molecule has 0 unspecified atom stereocenters. The van der Waals surface area contributed by atoms with E-state index in [0.29, 0.717) is 0 Å². The molecule has 2 rings (SSSR count). The van der Waals surface area contributed by atoms with E-state index in [9.17, 15) is 0 Å². The van der Waals surface area contributed by atoms with Crippen molar-refractivity contribution >= 4 is 0 Å². The smallest absolute Gasteiger partial charge is 0.0443 e. The summed E-state index contributed by atoms with van der Waals surface area (Å²) in [6.45, 7) is 28.6. The van der Waals surface area contributed by atoms with E-state index in [4.69, 9.17) is 0 Å². The second-order valence-electron chi connectivity index (χ2n) is 4.07. The molecule has 0 nitrogen and oxygen atoms in total. The molecular formula is C22H56. The lowest BCUT2D eigenvalue weighted by atomic mass is 9.88. The highest BCUT2D eigenvalue weighted by molar-refractivity contribution is 4.62. The highest BCUT2D eigenvalue weighted by Crippen LogP contribution is 2.24. The molecule has 0 aromatic heterocycles. The van der Waals surface area contributed by atoms with Gasteiger partial charge in [-0.05, 0) is 11.8 Å². The maximum Gasteiger partial charge on any atom is -0.0443 e. The Morgan fingerprint density at radius 2 is 0.455 bits per heavy atom. The van der Waals surface area contributed by atoms with Gasteiger partial charge >= 0.3 is 0 Å². The van der Waals surface area contributed by atoms with E-state index < -0.39 is 0 Å². The van der Waals surface area contributed by atoms with Crippen LogP contribution in [0.5, 0.6) is 0 Å². The highest BCUT2D eigenvalue weighted by Gasteiger charge is 2.09. The lowest BCUT2D eigenvalue weighted by molar-refractivity contribution is 0.346. The van der Waals surface area contributed by atoms with Crippen LogP contribution in [0.2, 0.25) is 0 Å². The van der Waals surface area contributed by atoms with Crippen LogP contribution in [0.25, 0.3) is 0 Å². The zero-order chi connectivity index (χ0) is 19.4. The van der Waals surface area contributed by atoms with Gasteiger partial charge in [-0.3, -0.25) is 0 Å². The van der Waals surface area contributed by atoms with Crippen molar-refractivity contribution in [1.29, 1.82) is 0 Å². The fourth-order valence-corrected chi connectivity index (χ4v) is 1.22. The van der Waals surface area contributed by atoms with E-state index >= 15 is 0 Å². The lowest BCUT2D eigenvalue weighted by Crippen LogP contribution is -2.04. The van der Waals surface area contributed by atoms with E-state index in [1.54, 1.807) is 0 Å². The van der Waals surface area contributed by atoms with Gasteiger partial charge in [0.15, 0.2) is 0 Å². The van der Waals surface area contributed by atoms with Gasteiger partial charge in [0.25, 0.3) is 0 Å². The fraction of sp³-hybridized carbons (Fsp3) is 1.00. The highest BCUT2D eigenvalue weighted by atomic mass is 14.2. The first-order chi connectivity index (χ1) is 10.8. The molecule has 0 amide bonds. The van der Waals surface area contributed by atoms with E-state index in [1.807, 2.05) is 83.1 Å². The van der Waals surface area contributed by atoms with Crippen molar-refractivity contribution in [2.75, 3.05) is 0 Å². The Morgan fingerprint density at radius 3 is 0.455 bits per heavy atom. The topological polar surface area (TPSA) is 0 Å². The third-order valence-electron chi connectivity index (χ3n) is 2.79. The van der Waals surface area contributed by atoms with Crippen LogP contribution in [0.15, 0.2) is 0 Å². The summed E-state index contributed by atoms with van der Waals surface area (Å²) in [5.74, 6) is 2.13. The van der Waals surface area contributed by atoms with Gasteiger partial charge in [0.1, 0.15) is 0 Å². The van der Waals surface area contributed by atoms with E-state index in [2.05, 4.69) is 13.8 Å². The average Bonchev–Trinajstić information content (AvgIpc) is 2.62. The molecule has 0 spiro atoms. The molecule has 0 aliphatic heterocycles. The quantitative estimate of drug-likeness (QED) is 0.416. The van der Waals surface area contributed by atoms with Crippen molar-refractivity contribution in [2.45, 2.75) is 135 Å². The minimum atomic E-state index is 1.06. The molecule has 144 valence electrons. The zero-order valence-electron chi connectivity index (χ0n) is 19.4. The maximum absolute atomic E-state index is 2.31. The summed E-state index contributed by atoms with van der Waals surface area (Å²) in [6.07, 6.45) is 8.92. The Labute approximate surface area is 147 Å². The largest absolute Gasteiger partial charge is 0.0683 e. The van der Waals surface area contributed by atoms with E-state index in [1.165, 1.54) is 38.5 Å². The van der Waals surface area contributed by atoms with Crippen molar-refractivity contribution < 1.29 is 0 Å². The van der Waals surface area contributed by atoms with E-state index in [-0.39, 0.29) is 0 Å². The Morgan fingerprint density at radius 1 is 0.364 bits per heavy atom. The summed E-state index contributed by atoms with van der Waals surface area (Å²) in [7, 11) is 0. The third kappa shape index (κ3) is 50.1. The molecule has 0 atom stereocenters. The van der Waals surface area contributed by atoms with Crippen LogP contribution in [0, 0.1) is 11.8 Å². The lowest BCUT2D eigenvalue weighted by Gasteiger charge is -2.18. The molecule has 2 aliphatic carbocycles. The van der Waals surface area contributed by atoms with Gasteiger partial charge in [-0.1, -0.05) is 135 Å². The molecule has 0 bridgehead atoms. The van der Waals surface area contributed by atoms with Gasteiger partial charge in [-0.25, -0.2) is 0 Å². The monoisotopic (exact) mass is 320 g/mol. The molecule has 0 saturated heterocycles. The van der Waals surface area contributed by atoms with Crippen LogP contribution < -0.4 is 0 Å². The molecule has 2 fully saturated rings. The van der Waals surface area contributed by atoms with Crippen LogP contribution in [0.3, 0.4) is 0 Å². The van der Waals surface area contributed by atoms with Crippen LogP contribution in [-0.4, -0.2) is 0 Å². The molecule has 0 heterocycles. The van der Waals surface area contributed by atoms with Crippen molar-refractivity contribution in [1.82, 2.24) is 0 Å². The maximum atomic E-state index is 2.31. The van der Waals surface area contributed by atoms with Crippen LogP contribution in [-0.2, 0) is 0 Å². The number of rotatable bonds is 0. The van der Waals surface area contributed by atoms with Crippen molar-refractivity contribution in [2.24, 2.45) is 11.8 Å². The van der Waals surface area contributed by atoms with Crippen LogP contribution in [0.4, 0.5) is 0 Å². The third-order valence-corrected chi connectivity index (χ3v) is 2.79.